The van der Waals surface area contributed by atoms with Gasteiger partial charge in [-0.25, -0.2) is 4.79 Å². The number of hydrogen-bond acceptors (Lipinski definition) is 5. The number of fused-ring (bicyclic) bond motifs is 1. The van der Waals surface area contributed by atoms with Crippen LogP contribution >= 0.6 is 0 Å². The van der Waals surface area contributed by atoms with Crippen molar-refractivity contribution in [3.05, 3.63) is 108 Å². The second-order valence-corrected chi connectivity index (χ2v) is 8.46. The van der Waals surface area contributed by atoms with Gasteiger partial charge in [0.25, 0.3) is 5.91 Å². The number of benzene rings is 3. The molecule has 3 amide bonds. The van der Waals surface area contributed by atoms with Crippen LogP contribution in [0.1, 0.15) is 16.7 Å². The highest BCUT2D eigenvalue weighted by molar-refractivity contribution is 6.07. The van der Waals surface area contributed by atoms with Gasteiger partial charge >= 0.3 is 6.09 Å². The molecule has 172 valence electrons. The molecule has 7 heteroatoms. The molecule has 34 heavy (non-hydrogen) atoms. The number of hydrogen-bond donors (Lipinski definition) is 1. The Morgan fingerprint density at radius 1 is 0.853 bits per heavy atom. The van der Waals surface area contributed by atoms with E-state index in [0.29, 0.717) is 13.1 Å². The average molecular weight is 456 g/mol. The van der Waals surface area contributed by atoms with E-state index in [9.17, 15) is 14.4 Å². The maximum Gasteiger partial charge on any atom is 0.410 e. The van der Waals surface area contributed by atoms with Crippen molar-refractivity contribution in [2.75, 3.05) is 19.6 Å². The van der Waals surface area contributed by atoms with E-state index in [4.69, 9.17) is 4.74 Å². The first kappa shape index (κ1) is 21.9. The van der Waals surface area contributed by atoms with Gasteiger partial charge in [-0.3, -0.25) is 19.8 Å². The summed E-state index contributed by atoms with van der Waals surface area (Å²) in [5.41, 5.74) is 1.26. The Kier molecular flexibility index (Phi) is 5.86. The Balaban J connectivity index is 1.45. The Morgan fingerprint density at radius 3 is 2.00 bits per heavy atom. The van der Waals surface area contributed by atoms with Crippen molar-refractivity contribution in [1.82, 2.24) is 15.1 Å². The quantitative estimate of drug-likeness (QED) is 0.612. The normalized spacial score (nSPS) is 19.8. The van der Waals surface area contributed by atoms with E-state index in [1.807, 2.05) is 95.9 Å². The lowest BCUT2D eigenvalue weighted by atomic mass is 9.77. The molecule has 1 atom stereocenters. The lowest BCUT2D eigenvalue weighted by molar-refractivity contribution is -0.154. The molecule has 0 aliphatic carbocycles. The standard InChI is InChI=1S/C27H25N3O4/c31-24-23-18-29(26(33)34-19-20-10-4-1-5-11-20)16-17-30(23)27(25(32)28-24,21-12-6-2-7-13-21)22-14-8-3-9-15-22/h1-15,23H,16-19H2,(H,28,31,32). The molecule has 0 bridgehead atoms. The molecule has 2 aliphatic rings. The number of carbonyl (C=O) groups excluding carboxylic acids is 3. The number of ether oxygens (including phenoxy) is 1. The van der Waals surface area contributed by atoms with Gasteiger partial charge in [-0.05, 0) is 16.7 Å². The third-order valence-corrected chi connectivity index (χ3v) is 6.53. The molecular formula is C27H25N3O4. The van der Waals surface area contributed by atoms with Crippen LogP contribution in [0, 0.1) is 0 Å². The summed E-state index contributed by atoms with van der Waals surface area (Å²) in [5, 5.41) is 2.59. The Morgan fingerprint density at radius 2 is 1.41 bits per heavy atom. The van der Waals surface area contributed by atoms with Gasteiger partial charge in [0, 0.05) is 19.6 Å². The first-order valence-electron chi connectivity index (χ1n) is 11.3. The van der Waals surface area contributed by atoms with Crippen LogP contribution in [0.3, 0.4) is 0 Å². The maximum absolute atomic E-state index is 13.6. The molecule has 2 saturated heterocycles. The van der Waals surface area contributed by atoms with E-state index in [0.717, 1.165) is 16.7 Å². The van der Waals surface area contributed by atoms with E-state index in [1.165, 1.54) is 0 Å². The number of amides is 3. The molecule has 0 spiro atoms. The number of rotatable bonds is 4. The molecule has 2 aliphatic heterocycles. The summed E-state index contributed by atoms with van der Waals surface area (Å²) in [7, 11) is 0. The van der Waals surface area contributed by atoms with Crippen LogP contribution in [-0.4, -0.2) is 53.4 Å². The lowest BCUT2D eigenvalue weighted by Gasteiger charge is -2.53. The van der Waals surface area contributed by atoms with Crippen molar-refractivity contribution in [2.24, 2.45) is 0 Å². The fraction of sp³-hybridized carbons (Fsp3) is 0.222. The summed E-state index contributed by atoms with van der Waals surface area (Å²) in [6.45, 7) is 0.974. The van der Waals surface area contributed by atoms with Gasteiger partial charge in [0.05, 0.1) is 0 Å². The first-order chi connectivity index (χ1) is 16.6. The van der Waals surface area contributed by atoms with Gasteiger partial charge < -0.3 is 9.64 Å². The molecule has 1 unspecified atom stereocenters. The zero-order valence-electron chi connectivity index (χ0n) is 18.6. The van der Waals surface area contributed by atoms with E-state index < -0.39 is 23.6 Å². The summed E-state index contributed by atoms with van der Waals surface area (Å²) in [4.78, 5) is 42.8. The fourth-order valence-electron chi connectivity index (χ4n) is 4.92. The highest BCUT2D eigenvalue weighted by Gasteiger charge is 2.57. The zero-order chi connectivity index (χ0) is 23.5. The summed E-state index contributed by atoms with van der Waals surface area (Å²) in [6, 6.07) is 27.7. The summed E-state index contributed by atoms with van der Waals surface area (Å²) in [6.07, 6.45) is -0.474. The lowest BCUT2D eigenvalue weighted by Crippen LogP contribution is -2.74. The Labute approximate surface area is 197 Å². The molecular weight excluding hydrogens is 430 g/mol. The molecule has 7 nitrogen and oxygen atoms in total. The average Bonchev–Trinajstić information content (AvgIpc) is 2.89. The second-order valence-electron chi connectivity index (χ2n) is 8.46. The van der Waals surface area contributed by atoms with Crippen LogP contribution in [0.15, 0.2) is 91.0 Å². The zero-order valence-corrected chi connectivity index (χ0v) is 18.6. The molecule has 2 heterocycles. The van der Waals surface area contributed by atoms with Crippen LogP contribution in [-0.2, 0) is 26.5 Å². The van der Waals surface area contributed by atoms with Crippen molar-refractivity contribution in [1.29, 1.82) is 0 Å². The van der Waals surface area contributed by atoms with Crippen molar-refractivity contribution < 1.29 is 19.1 Å². The van der Waals surface area contributed by atoms with Crippen LogP contribution in [0.4, 0.5) is 4.79 Å². The third kappa shape index (κ3) is 3.74. The highest BCUT2D eigenvalue weighted by atomic mass is 16.6. The minimum atomic E-state index is -1.18. The molecule has 0 saturated carbocycles. The van der Waals surface area contributed by atoms with Crippen LogP contribution in [0.2, 0.25) is 0 Å². The largest absolute Gasteiger partial charge is 0.445 e. The topological polar surface area (TPSA) is 79.0 Å². The van der Waals surface area contributed by atoms with Crippen molar-refractivity contribution in [3.8, 4) is 0 Å². The van der Waals surface area contributed by atoms with Crippen molar-refractivity contribution in [2.45, 2.75) is 18.2 Å². The molecule has 1 N–H and O–H groups in total. The number of imide groups is 1. The minimum absolute atomic E-state index is 0.133. The van der Waals surface area contributed by atoms with Crippen molar-refractivity contribution in [3.63, 3.8) is 0 Å². The Bertz CT molecular complexity index is 1140. The van der Waals surface area contributed by atoms with Crippen LogP contribution in [0.25, 0.3) is 0 Å². The monoisotopic (exact) mass is 455 g/mol. The summed E-state index contributed by atoms with van der Waals surface area (Å²) >= 11 is 0. The van der Waals surface area contributed by atoms with E-state index in [2.05, 4.69) is 5.32 Å². The molecule has 3 aromatic carbocycles. The van der Waals surface area contributed by atoms with E-state index >= 15 is 0 Å². The van der Waals surface area contributed by atoms with Gasteiger partial charge in [0.2, 0.25) is 5.91 Å². The Hall–Kier alpha value is -3.97. The summed E-state index contributed by atoms with van der Waals surface area (Å²) < 4.78 is 5.49. The van der Waals surface area contributed by atoms with Gasteiger partial charge in [0.1, 0.15) is 12.6 Å². The molecule has 5 rings (SSSR count). The van der Waals surface area contributed by atoms with Gasteiger partial charge in [0.15, 0.2) is 5.54 Å². The number of nitrogens with one attached hydrogen (secondary N) is 1. The van der Waals surface area contributed by atoms with Crippen molar-refractivity contribution >= 4 is 17.9 Å². The van der Waals surface area contributed by atoms with Crippen LogP contribution < -0.4 is 5.32 Å². The number of carbonyl (C=O) groups is 3. The molecule has 0 radical (unpaired) electrons. The third-order valence-electron chi connectivity index (χ3n) is 6.53. The highest BCUT2D eigenvalue weighted by Crippen LogP contribution is 2.41. The van der Waals surface area contributed by atoms with Gasteiger partial charge in [-0.15, -0.1) is 0 Å². The maximum atomic E-state index is 13.6. The fourth-order valence-corrected chi connectivity index (χ4v) is 4.92. The van der Waals surface area contributed by atoms with Gasteiger partial charge in [-0.1, -0.05) is 91.0 Å². The van der Waals surface area contributed by atoms with Gasteiger partial charge in [-0.2, -0.15) is 0 Å². The molecule has 3 aromatic rings. The summed E-state index contributed by atoms with van der Waals surface area (Å²) in [5.74, 6) is -0.792. The first-order valence-corrected chi connectivity index (χ1v) is 11.3. The molecule has 0 aromatic heterocycles. The van der Waals surface area contributed by atoms with Crippen LogP contribution in [0.5, 0.6) is 0 Å². The smallest absolute Gasteiger partial charge is 0.410 e. The second kappa shape index (κ2) is 9.11. The predicted octanol–water partition coefficient (Wildman–Crippen LogP) is 2.91. The SMILES string of the molecule is O=C1NC(=O)C(c2ccccc2)(c2ccccc2)N2CCN(C(=O)OCc3ccccc3)CC12. The molecule has 2 fully saturated rings. The minimum Gasteiger partial charge on any atom is -0.445 e. The number of piperazine rings is 2. The van der Waals surface area contributed by atoms with E-state index in [-0.39, 0.29) is 19.1 Å². The van der Waals surface area contributed by atoms with E-state index in [1.54, 1.807) is 4.90 Å². The predicted molar refractivity (Wildman–Crippen MR) is 126 cm³/mol. The number of nitrogens with zero attached hydrogens (tertiary/aromatic N) is 2.